The third-order valence-corrected chi connectivity index (χ3v) is 19.1. The van der Waals surface area contributed by atoms with E-state index in [4.69, 9.17) is 71.1 Å². The van der Waals surface area contributed by atoms with Crippen LogP contribution < -0.4 is 74.5 Å². The van der Waals surface area contributed by atoms with Crippen molar-refractivity contribution in [3.8, 4) is 51.7 Å². The van der Waals surface area contributed by atoms with Crippen LogP contribution in [0.5, 0.6) is 51.7 Å². The largest absolute Gasteiger partial charge is 0.496 e. The molecule has 0 aromatic heterocycles. The lowest BCUT2D eigenvalue weighted by Gasteiger charge is -2.46. The second kappa shape index (κ2) is 38.0. The van der Waals surface area contributed by atoms with Crippen molar-refractivity contribution in [2.75, 3.05) is 122 Å². The van der Waals surface area contributed by atoms with Crippen LogP contribution in [0.25, 0.3) is 0 Å². The lowest BCUT2D eigenvalue weighted by molar-refractivity contribution is -0.0224. The topological polar surface area (TPSA) is 364 Å². The van der Waals surface area contributed by atoms with Gasteiger partial charge in [0.15, 0.2) is 40.8 Å². The predicted octanol–water partition coefficient (Wildman–Crippen LogP) is 11.2. The third kappa shape index (κ3) is 25.9. The van der Waals surface area contributed by atoms with E-state index in [9.17, 15) is 43.2 Å². The van der Waals surface area contributed by atoms with Gasteiger partial charge in [0.2, 0.25) is 11.5 Å². The molecule has 6 unspecified atom stereocenters. The molecule has 105 heavy (non-hydrogen) atoms. The molecule has 0 spiro atoms. The number of amides is 6. The monoisotopic (exact) mass is 1480 g/mol. The predicted molar refractivity (Wildman–Crippen MR) is 384 cm³/mol. The fraction of sp³-hybridized carbons (Fsp3) is 0.640. The van der Waals surface area contributed by atoms with Crippen LogP contribution in [-0.4, -0.2) is 195 Å². The number of nitrogens with one attached hydrogen (secondary N) is 6. The summed E-state index contributed by atoms with van der Waals surface area (Å²) in [5, 5.41) is 17.8. The van der Waals surface area contributed by atoms with Crippen molar-refractivity contribution in [3.05, 3.63) is 53.1 Å². The first kappa shape index (κ1) is 84.4. The molecule has 3 aliphatic carbocycles. The van der Waals surface area contributed by atoms with E-state index in [1.165, 1.54) is 79.1 Å². The molecule has 0 bridgehead atoms. The Morgan fingerprint density at radius 2 is 0.695 bits per heavy atom. The van der Waals surface area contributed by atoms with Gasteiger partial charge in [0, 0.05) is 55.0 Å². The molecule has 30 heteroatoms. The fourth-order valence-corrected chi connectivity index (χ4v) is 15.5. The molecular weight excluding hydrogens is 1370 g/mol. The summed E-state index contributed by atoms with van der Waals surface area (Å²) in [5.41, 5.74) is -2.78. The number of benzene rings is 3. The molecule has 0 aliphatic heterocycles. The number of carbonyl (C=O) groups is 9. The molecule has 0 heterocycles. The summed E-state index contributed by atoms with van der Waals surface area (Å²) < 4.78 is 84.1. The van der Waals surface area contributed by atoms with E-state index in [0.29, 0.717) is 99.3 Å². The van der Waals surface area contributed by atoms with E-state index >= 15 is 0 Å². The normalized spacial score (nSPS) is 21.8. The summed E-state index contributed by atoms with van der Waals surface area (Å²) in [6.07, 6.45) is 3.03. The Labute approximate surface area is 615 Å². The maximum Gasteiger partial charge on any atom is 0.407 e. The van der Waals surface area contributed by atoms with Crippen LogP contribution in [-0.2, 0) is 28.4 Å². The first-order valence-electron chi connectivity index (χ1n) is 35.2. The quantitative estimate of drug-likeness (QED) is 0.0177. The zero-order chi connectivity index (χ0) is 77.4. The van der Waals surface area contributed by atoms with Gasteiger partial charge in [-0.15, -0.1) is 0 Å². The molecule has 6 rings (SSSR count). The number of ether oxygens (including phenoxy) is 15. The molecule has 0 radical (unpaired) electrons. The lowest BCUT2D eigenvalue weighted by atomic mass is 9.62. The van der Waals surface area contributed by atoms with E-state index in [1.54, 1.807) is 6.92 Å². The second-order valence-electron chi connectivity index (χ2n) is 30.9. The van der Waals surface area contributed by atoms with E-state index in [-0.39, 0.29) is 148 Å². The molecule has 0 saturated heterocycles. The van der Waals surface area contributed by atoms with Crippen molar-refractivity contribution in [2.24, 2.45) is 37.9 Å². The number of hydrogen-bond donors (Lipinski definition) is 6. The van der Waals surface area contributed by atoms with Gasteiger partial charge in [0.25, 0.3) is 0 Å². The Morgan fingerprint density at radius 1 is 0.381 bits per heavy atom. The SMILES string of the molecule is CCC(COC(=O)NC1CC(C)(C)CC(C)(CNC(=O)OCCOc2cc(OC)c(C=O)cc2OC)C1)(COC(=O)NC1CC(C)(C)CC(C)(CNC(=O)OCCOc2c(OC)cc(C=O)cc2OC)C1)COC(=O)NC1CC(C)(C)CC(C)(CNC(=O)OCCOc2c(OC)cc(C=O)cc2OC)C1. The molecular formula is C75H110N6O24. The van der Waals surface area contributed by atoms with Gasteiger partial charge in [-0.1, -0.05) is 69.2 Å². The number of alkyl carbamates (subject to hydrolysis) is 6. The van der Waals surface area contributed by atoms with Crippen molar-refractivity contribution in [1.82, 2.24) is 31.9 Å². The Morgan fingerprint density at radius 3 is 0.981 bits per heavy atom. The molecule has 6 N–H and O–H groups in total. The zero-order valence-electron chi connectivity index (χ0n) is 63.8. The average Bonchev–Trinajstić information content (AvgIpc) is 0.812. The number of aldehydes is 3. The van der Waals surface area contributed by atoms with Gasteiger partial charge >= 0.3 is 36.6 Å². The minimum absolute atomic E-state index is 0.0292. The number of rotatable bonds is 37. The first-order chi connectivity index (χ1) is 49.6. The lowest BCUT2D eigenvalue weighted by Crippen LogP contribution is -2.52. The summed E-state index contributed by atoms with van der Waals surface area (Å²) in [5.74, 6) is 2.45. The van der Waals surface area contributed by atoms with E-state index in [1.807, 2.05) is 20.8 Å². The molecule has 3 fully saturated rings. The van der Waals surface area contributed by atoms with Crippen LogP contribution >= 0.6 is 0 Å². The van der Waals surface area contributed by atoms with Gasteiger partial charge in [-0.3, -0.25) is 14.4 Å². The van der Waals surface area contributed by atoms with Gasteiger partial charge in [-0.2, -0.15) is 0 Å². The Bertz CT molecular complexity index is 3280. The van der Waals surface area contributed by atoms with Gasteiger partial charge in [0.1, 0.15) is 77.8 Å². The average molecular weight is 1480 g/mol. The Balaban J connectivity index is 1.07. The molecule has 6 amide bonds. The first-order valence-corrected chi connectivity index (χ1v) is 35.2. The minimum atomic E-state index is -1.27. The fourth-order valence-electron chi connectivity index (χ4n) is 15.5. The number of methoxy groups -OCH3 is 6. The summed E-state index contributed by atoms with van der Waals surface area (Å²) in [4.78, 5) is 116. The summed E-state index contributed by atoms with van der Waals surface area (Å²) >= 11 is 0. The van der Waals surface area contributed by atoms with Gasteiger partial charge in [-0.05, 0) is 127 Å². The molecule has 3 aromatic rings. The second-order valence-corrected chi connectivity index (χ2v) is 30.9. The molecule has 584 valence electrons. The Hall–Kier alpha value is -9.51. The van der Waals surface area contributed by atoms with Crippen LogP contribution in [0.4, 0.5) is 28.8 Å². The molecule has 30 nitrogen and oxygen atoms in total. The van der Waals surface area contributed by atoms with Gasteiger partial charge in [-0.25, -0.2) is 28.8 Å². The highest BCUT2D eigenvalue weighted by molar-refractivity contribution is 5.82. The van der Waals surface area contributed by atoms with Crippen LogP contribution in [0.3, 0.4) is 0 Å². The van der Waals surface area contributed by atoms with Crippen LogP contribution in [0.1, 0.15) is 165 Å². The van der Waals surface area contributed by atoms with E-state index in [0.717, 1.165) is 0 Å². The van der Waals surface area contributed by atoms with Crippen LogP contribution in [0, 0.1) is 37.9 Å². The minimum Gasteiger partial charge on any atom is -0.496 e. The van der Waals surface area contributed by atoms with E-state index in [2.05, 4.69) is 73.4 Å². The van der Waals surface area contributed by atoms with Crippen LogP contribution in [0.2, 0.25) is 0 Å². The van der Waals surface area contributed by atoms with Crippen molar-refractivity contribution < 1.29 is 114 Å². The summed E-state index contributed by atoms with van der Waals surface area (Å²) in [6, 6.07) is 7.79. The highest BCUT2D eigenvalue weighted by Gasteiger charge is 2.46. The molecule has 3 aromatic carbocycles. The summed E-state index contributed by atoms with van der Waals surface area (Å²) in [7, 11) is 8.56. The number of hydrogen-bond acceptors (Lipinski definition) is 24. The molecule has 3 aliphatic rings. The smallest absolute Gasteiger partial charge is 0.407 e. The van der Waals surface area contributed by atoms with Crippen LogP contribution in [0.15, 0.2) is 36.4 Å². The zero-order valence-corrected chi connectivity index (χ0v) is 63.8. The molecule has 6 atom stereocenters. The molecule has 3 saturated carbocycles. The standard InChI is InChI=1S/C75H110N6O24/c1-17-75(45-103-66(88)79-51-30-69(2,3)39-72(8,33-51)42-76-63(85)100-21-18-97-56-29-54(91-11)50(38-84)28-55(56)92-12,46-104-67(89)80-52-31-70(4,5)40-73(9,34-52)43-77-64(86)101-22-19-98-61-57(93-13)24-48(36-82)25-58(61)94-14)47-105-68(90)81-53-32-71(6,7)41-74(10,35-53)44-78-65(87)102-23-20-99-62-59(95-15)26-49(37-83)27-60(62)96-16/h24-29,36-38,51-53H,17-23,30-35,39-47H2,1-16H3,(H,76,85)(H,77,86)(H,78,87)(H,79,88)(H,80,89)(H,81,90). The maximum absolute atomic E-state index is 14.1. The highest BCUT2D eigenvalue weighted by Crippen LogP contribution is 2.49. The highest BCUT2D eigenvalue weighted by atomic mass is 16.6. The van der Waals surface area contributed by atoms with E-state index < -0.39 is 76.3 Å². The number of carbonyl (C=O) groups excluding carboxylic acids is 9. The summed E-state index contributed by atoms with van der Waals surface area (Å²) in [6.45, 7) is 19.4. The van der Waals surface area contributed by atoms with Gasteiger partial charge in [0.05, 0.1) is 53.6 Å². The Kier molecular flexibility index (Phi) is 30.5. The third-order valence-electron chi connectivity index (χ3n) is 19.1. The van der Waals surface area contributed by atoms with Crippen molar-refractivity contribution >= 4 is 55.4 Å². The maximum atomic E-state index is 14.1. The van der Waals surface area contributed by atoms with Crippen molar-refractivity contribution in [2.45, 2.75) is 152 Å². The van der Waals surface area contributed by atoms with Crippen molar-refractivity contribution in [1.29, 1.82) is 0 Å². The van der Waals surface area contributed by atoms with Gasteiger partial charge < -0.3 is 103 Å². The van der Waals surface area contributed by atoms with Crippen molar-refractivity contribution in [3.63, 3.8) is 0 Å².